The van der Waals surface area contributed by atoms with Crippen molar-refractivity contribution in [2.75, 3.05) is 20.1 Å². The number of carbonyl (C=O) groups is 1. The number of halogens is 1. The van der Waals surface area contributed by atoms with Crippen molar-refractivity contribution in [3.63, 3.8) is 0 Å². The van der Waals surface area contributed by atoms with Crippen LogP contribution in [0.2, 0.25) is 5.22 Å². The average Bonchev–Trinajstić information content (AvgIpc) is 2.85. The number of nitrogens with one attached hydrogen (secondary N) is 1. The highest BCUT2D eigenvalue weighted by atomic mass is 35.5. The lowest BCUT2D eigenvalue weighted by atomic mass is 10.2. The summed E-state index contributed by atoms with van der Waals surface area (Å²) >= 11 is 5.60. The summed E-state index contributed by atoms with van der Waals surface area (Å²) in [4.78, 5) is 13.4. The quantitative estimate of drug-likeness (QED) is 0.787. The molecule has 2 heterocycles. The molecule has 2 rings (SSSR count). The third-order valence-corrected chi connectivity index (χ3v) is 2.96. The molecule has 1 aromatic rings. The van der Waals surface area contributed by atoms with Gasteiger partial charge in [-0.05, 0) is 23.7 Å². The number of β-amino-alcohol motifs (C(OH)–C–C–N with tert-alkyl or cyclic N) is 1. The van der Waals surface area contributed by atoms with E-state index in [0.717, 1.165) is 0 Å². The van der Waals surface area contributed by atoms with Crippen molar-refractivity contribution in [3.05, 3.63) is 23.1 Å². The zero-order valence-electron chi connectivity index (χ0n) is 8.81. The van der Waals surface area contributed by atoms with E-state index in [1.807, 2.05) is 0 Å². The Morgan fingerprint density at radius 2 is 2.38 bits per heavy atom. The van der Waals surface area contributed by atoms with Gasteiger partial charge in [-0.25, -0.2) is 0 Å². The van der Waals surface area contributed by atoms with E-state index in [2.05, 4.69) is 5.32 Å². The summed E-state index contributed by atoms with van der Waals surface area (Å²) in [6.45, 7) is 1.08. The second kappa shape index (κ2) is 4.45. The number of carbonyl (C=O) groups excluding carboxylic acids is 1. The van der Waals surface area contributed by atoms with E-state index < -0.39 is 6.10 Å². The van der Waals surface area contributed by atoms with Crippen molar-refractivity contribution in [1.29, 1.82) is 0 Å². The summed E-state index contributed by atoms with van der Waals surface area (Å²) in [7, 11) is 1.64. The maximum absolute atomic E-state index is 11.9. The van der Waals surface area contributed by atoms with Crippen LogP contribution in [-0.4, -0.2) is 48.2 Å². The van der Waals surface area contributed by atoms with Crippen molar-refractivity contribution >= 4 is 17.5 Å². The van der Waals surface area contributed by atoms with Crippen LogP contribution in [-0.2, 0) is 0 Å². The highest BCUT2D eigenvalue weighted by Gasteiger charge is 2.32. The Morgan fingerprint density at radius 3 is 2.88 bits per heavy atom. The van der Waals surface area contributed by atoms with Crippen molar-refractivity contribution in [2.45, 2.75) is 12.1 Å². The van der Waals surface area contributed by atoms with Gasteiger partial charge in [-0.1, -0.05) is 0 Å². The molecule has 0 aromatic carbocycles. The Labute approximate surface area is 98.0 Å². The molecule has 0 spiro atoms. The lowest BCUT2D eigenvalue weighted by Crippen LogP contribution is -2.44. The zero-order chi connectivity index (χ0) is 11.7. The SMILES string of the molecule is CN(C(=O)c1ccc(Cl)o1)[C@@H]1CNC[C@H]1O. The molecule has 0 saturated carbocycles. The third kappa shape index (κ3) is 2.07. The molecule has 0 aliphatic carbocycles. The van der Waals surface area contributed by atoms with Gasteiger partial charge in [0, 0.05) is 20.1 Å². The zero-order valence-corrected chi connectivity index (χ0v) is 9.57. The van der Waals surface area contributed by atoms with Gasteiger partial charge in [0.25, 0.3) is 5.91 Å². The van der Waals surface area contributed by atoms with Gasteiger partial charge in [0.1, 0.15) is 0 Å². The fourth-order valence-electron chi connectivity index (χ4n) is 1.80. The third-order valence-electron chi connectivity index (χ3n) is 2.75. The number of aliphatic hydroxyl groups excluding tert-OH is 1. The molecule has 1 aliphatic heterocycles. The van der Waals surface area contributed by atoms with Crippen molar-refractivity contribution in [1.82, 2.24) is 10.2 Å². The minimum Gasteiger partial charge on any atom is -0.440 e. The van der Waals surface area contributed by atoms with Gasteiger partial charge >= 0.3 is 0 Å². The van der Waals surface area contributed by atoms with Crippen molar-refractivity contribution in [2.24, 2.45) is 0 Å². The van der Waals surface area contributed by atoms with Crippen molar-refractivity contribution in [3.8, 4) is 0 Å². The second-order valence-corrected chi connectivity index (χ2v) is 4.19. The van der Waals surface area contributed by atoms with Crippen molar-refractivity contribution < 1.29 is 14.3 Å². The Kier molecular flexibility index (Phi) is 3.18. The lowest BCUT2D eigenvalue weighted by Gasteiger charge is -2.25. The van der Waals surface area contributed by atoms with E-state index in [1.54, 1.807) is 7.05 Å². The lowest BCUT2D eigenvalue weighted by molar-refractivity contribution is 0.0553. The molecule has 1 aromatic heterocycles. The standard InChI is InChI=1S/C10H13ClN2O3/c1-13(6-4-12-5-7(6)14)10(15)8-2-3-9(11)16-8/h2-3,6-7,12,14H,4-5H2,1H3/t6-,7-/m1/s1. The van der Waals surface area contributed by atoms with Crippen LogP contribution in [0.25, 0.3) is 0 Å². The normalized spacial score (nSPS) is 24.7. The van der Waals surface area contributed by atoms with Crippen LogP contribution < -0.4 is 5.32 Å². The van der Waals surface area contributed by atoms with E-state index in [9.17, 15) is 9.90 Å². The summed E-state index contributed by atoms with van der Waals surface area (Å²) in [6.07, 6.45) is -0.542. The number of furan rings is 1. The van der Waals surface area contributed by atoms with E-state index in [4.69, 9.17) is 16.0 Å². The predicted octanol–water partition coefficient (Wildman–Crippen LogP) is 0.338. The first-order chi connectivity index (χ1) is 7.59. The predicted molar refractivity (Wildman–Crippen MR) is 58.5 cm³/mol. The number of hydrogen-bond acceptors (Lipinski definition) is 4. The maximum atomic E-state index is 11.9. The Bertz CT molecular complexity index is 393. The smallest absolute Gasteiger partial charge is 0.289 e. The molecular weight excluding hydrogens is 232 g/mol. The molecule has 1 fully saturated rings. The number of nitrogens with zero attached hydrogens (tertiary/aromatic N) is 1. The summed E-state index contributed by atoms with van der Waals surface area (Å²) in [6, 6.07) is 2.82. The molecule has 0 unspecified atom stereocenters. The first-order valence-electron chi connectivity index (χ1n) is 5.01. The largest absolute Gasteiger partial charge is 0.440 e. The van der Waals surface area contributed by atoms with E-state index in [-0.39, 0.29) is 22.9 Å². The van der Waals surface area contributed by atoms with Gasteiger partial charge in [-0.2, -0.15) is 0 Å². The molecule has 1 amide bonds. The molecule has 2 atom stereocenters. The molecule has 0 radical (unpaired) electrons. The molecule has 5 nitrogen and oxygen atoms in total. The summed E-state index contributed by atoms with van der Waals surface area (Å²) in [5, 5.41) is 12.8. The van der Waals surface area contributed by atoms with Gasteiger partial charge in [0.2, 0.25) is 0 Å². The van der Waals surface area contributed by atoms with Gasteiger partial charge in [-0.3, -0.25) is 4.79 Å². The van der Waals surface area contributed by atoms with E-state index in [0.29, 0.717) is 13.1 Å². The number of hydrogen-bond donors (Lipinski definition) is 2. The Hall–Kier alpha value is -1.04. The van der Waals surface area contributed by atoms with Crippen LogP contribution in [0.3, 0.4) is 0 Å². The van der Waals surface area contributed by atoms with Crippen LogP contribution in [0, 0.1) is 0 Å². The molecule has 88 valence electrons. The highest BCUT2D eigenvalue weighted by Crippen LogP contribution is 2.17. The average molecular weight is 245 g/mol. The van der Waals surface area contributed by atoms with Gasteiger partial charge in [0.15, 0.2) is 11.0 Å². The fraction of sp³-hybridized carbons (Fsp3) is 0.500. The van der Waals surface area contributed by atoms with Crippen LogP contribution in [0.1, 0.15) is 10.6 Å². The topological polar surface area (TPSA) is 65.7 Å². The van der Waals surface area contributed by atoms with Crippen LogP contribution in [0.5, 0.6) is 0 Å². The highest BCUT2D eigenvalue weighted by molar-refractivity contribution is 6.29. The molecule has 2 N–H and O–H groups in total. The maximum Gasteiger partial charge on any atom is 0.289 e. The molecule has 6 heteroatoms. The molecular formula is C10H13ClN2O3. The second-order valence-electron chi connectivity index (χ2n) is 3.81. The van der Waals surface area contributed by atoms with Gasteiger partial charge in [-0.15, -0.1) is 0 Å². The molecule has 0 bridgehead atoms. The number of amides is 1. The Morgan fingerprint density at radius 1 is 1.62 bits per heavy atom. The van der Waals surface area contributed by atoms with Gasteiger partial charge < -0.3 is 19.7 Å². The van der Waals surface area contributed by atoms with Crippen LogP contribution >= 0.6 is 11.6 Å². The van der Waals surface area contributed by atoms with Crippen LogP contribution in [0.4, 0.5) is 0 Å². The van der Waals surface area contributed by atoms with E-state index in [1.165, 1.54) is 17.0 Å². The minimum atomic E-state index is -0.542. The summed E-state index contributed by atoms with van der Waals surface area (Å²) in [5.41, 5.74) is 0. The number of aliphatic hydroxyl groups is 1. The fourth-order valence-corrected chi connectivity index (χ4v) is 1.95. The number of rotatable bonds is 2. The summed E-state index contributed by atoms with van der Waals surface area (Å²) in [5.74, 6) is -0.0914. The minimum absolute atomic E-state index is 0.182. The first-order valence-corrected chi connectivity index (χ1v) is 5.38. The molecule has 16 heavy (non-hydrogen) atoms. The molecule has 1 aliphatic rings. The molecule has 1 saturated heterocycles. The first kappa shape index (κ1) is 11.4. The van der Waals surface area contributed by atoms with Gasteiger partial charge in [0.05, 0.1) is 12.1 Å². The summed E-state index contributed by atoms with van der Waals surface area (Å²) < 4.78 is 5.03. The van der Waals surface area contributed by atoms with E-state index >= 15 is 0 Å². The monoisotopic (exact) mass is 244 g/mol. The number of likely N-dealkylation sites (N-methyl/N-ethyl adjacent to an activating group) is 1. The Balaban J connectivity index is 2.10. The van der Waals surface area contributed by atoms with Crippen LogP contribution in [0.15, 0.2) is 16.5 Å².